The molecule has 118 valence electrons. The SMILES string of the molecule is CCC1(NC[C@@H](O)[C@@H](N)Cc2ccccc2)CCCCC1. The van der Waals surface area contributed by atoms with Crippen LogP contribution in [0.2, 0.25) is 0 Å². The van der Waals surface area contributed by atoms with Crippen molar-refractivity contribution in [3.05, 3.63) is 35.9 Å². The fourth-order valence-corrected chi connectivity index (χ4v) is 3.38. The van der Waals surface area contributed by atoms with Crippen LogP contribution < -0.4 is 11.1 Å². The van der Waals surface area contributed by atoms with Gasteiger partial charge in [-0.1, -0.05) is 56.5 Å². The smallest absolute Gasteiger partial charge is 0.0818 e. The normalized spacial score (nSPS) is 20.9. The molecule has 4 N–H and O–H groups in total. The van der Waals surface area contributed by atoms with Crippen molar-refractivity contribution in [1.82, 2.24) is 5.32 Å². The van der Waals surface area contributed by atoms with Gasteiger partial charge in [0.25, 0.3) is 0 Å². The van der Waals surface area contributed by atoms with Gasteiger partial charge in [0.1, 0.15) is 0 Å². The molecular formula is C18H30N2O. The van der Waals surface area contributed by atoms with Gasteiger partial charge in [-0.2, -0.15) is 0 Å². The third-order valence-electron chi connectivity index (χ3n) is 4.98. The van der Waals surface area contributed by atoms with Crippen LogP contribution in [-0.2, 0) is 6.42 Å². The summed E-state index contributed by atoms with van der Waals surface area (Å²) >= 11 is 0. The van der Waals surface area contributed by atoms with Gasteiger partial charge in [-0.3, -0.25) is 0 Å². The van der Waals surface area contributed by atoms with Crippen LogP contribution in [0.4, 0.5) is 0 Å². The van der Waals surface area contributed by atoms with Gasteiger partial charge in [0.2, 0.25) is 0 Å². The minimum absolute atomic E-state index is 0.211. The first-order valence-electron chi connectivity index (χ1n) is 8.38. The van der Waals surface area contributed by atoms with E-state index in [1.165, 1.54) is 37.7 Å². The van der Waals surface area contributed by atoms with Crippen LogP contribution in [0.1, 0.15) is 51.0 Å². The Hall–Kier alpha value is -0.900. The summed E-state index contributed by atoms with van der Waals surface area (Å²) in [4.78, 5) is 0. The predicted molar refractivity (Wildman–Crippen MR) is 88.2 cm³/mol. The first-order valence-corrected chi connectivity index (χ1v) is 8.38. The standard InChI is InChI=1S/C18H30N2O/c1-2-18(11-7-4-8-12-18)20-14-17(21)16(19)13-15-9-5-3-6-10-15/h3,5-6,9-10,16-17,20-21H,2,4,7-8,11-14,19H2,1H3/t16-,17+/m0/s1. The highest BCUT2D eigenvalue weighted by Crippen LogP contribution is 2.30. The number of hydrogen-bond acceptors (Lipinski definition) is 3. The van der Waals surface area contributed by atoms with Gasteiger partial charge in [0.15, 0.2) is 0 Å². The summed E-state index contributed by atoms with van der Waals surface area (Å²) in [5, 5.41) is 14.0. The average molecular weight is 290 g/mol. The monoisotopic (exact) mass is 290 g/mol. The van der Waals surface area contributed by atoms with E-state index in [2.05, 4.69) is 24.4 Å². The second-order valence-electron chi connectivity index (χ2n) is 6.50. The zero-order valence-corrected chi connectivity index (χ0v) is 13.2. The Labute approximate surface area is 128 Å². The number of β-amino-alcohol motifs (C(OH)–C–C–N with tert-alkyl or cyclic N) is 1. The second-order valence-corrected chi connectivity index (χ2v) is 6.50. The van der Waals surface area contributed by atoms with Crippen LogP contribution in [0.25, 0.3) is 0 Å². The minimum Gasteiger partial charge on any atom is -0.390 e. The van der Waals surface area contributed by atoms with Crippen LogP contribution >= 0.6 is 0 Å². The van der Waals surface area contributed by atoms with Gasteiger partial charge < -0.3 is 16.2 Å². The van der Waals surface area contributed by atoms with Gasteiger partial charge in [0, 0.05) is 18.1 Å². The molecular weight excluding hydrogens is 260 g/mol. The van der Waals surface area contributed by atoms with Gasteiger partial charge in [0.05, 0.1) is 6.10 Å². The summed E-state index contributed by atoms with van der Waals surface area (Å²) in [5.41, 5.74) is 7.57. The highest BCUT2D eigenvalue weighted by molar-refractivity contribution is 5.16. The second kappa shape index (κ2) is 7.92. The lowest BCUT2D eigenvalue weighted by Gasteiger charge is -2.38. The molecule has 0 unspecified atom stereocenters. The summed E-state index contributed by atoms with van der Waals surface area (Å²) in [6.07, 6.45) is 7.76. The lowest BCUT2D eigenvalue weighted by atomic mass is 9.79. The lowest BCUT2D eigenvalue weighted by Crippen LogP contribution is -2.52. The van der Waals surface area contributed by atoms with Crippen LogP contribution in [0.5, 0.6) is 0 Å². The Morgan fingerprint density at radius 3 is 2.48 bits per heavy atom. The Morgan fingerprint density at radius 1 is 1.19 bits per heavy atom. The fourth-order valence-electron chi connectivity index (χ4n) is 3.38. The van der Waals surface area contributed by atoms with Gasteiger partial charge >= 0.3 is 0 Å². The van der Waals surface area contributed by atoms with Crippen molar-refractivity contribution in [3.8, 4) is 0 Å². The van der Waals surface area contributed by atoms with Crippen LogP contribution in [0.15, 0.2) is 30.3 Å². The van der Waals surface area contributed by atoms with Crippen molar-refractivity contribution in [2.45, 2.75) is 69.6 Å². The zero-order valence-electron chi connectivity index (χ0n) is 13.2. The highest BCUT2D eigenvalue weighted by atomic mass is 16.3. The average Bonchev–Trinajstić information content (AvgIpc) is 2.54. The Morgan fingerprint density at radius 2 is 1.86 bits per heavy atom. The molecule has 0 aromatic heterocycles. The van der Waals surface area contributed by atoms with E-state index in [0.717, 1.165) is 12.8 Å². The molecule has 2 rings (SSSR count). The molecule has 0 amide bonds. The van der Waals surface area contributed by atoms with E-state index >= 15 is 0 Å². The maximum absolute atomic E-state index is 10.3. The molecule has 1 aliphatic carbocycles. The van der Waals surface area contributed by atoms with Gasteiger partial charge in [-0.25, -0.2) is 0 Å². The molecule has 3 heteroatoms. The Balaban J connectivity index is 1.81. The minimum atomic E-state index is -0.490. The number of aliphatic hydroxyl groups excluding tert-OH is 1. The van der Waals surface area contributed by atoms with Crippen LogP contribution in [0, 0.1) is 0 Å². The number of benzene rings is 1. The largest absolute Gasteiger partial charge is 0.390 e. The summed E-state index contributed by atoms with van der Waals surface area (Å²) in [7, 11) is 0. The molecule has 0 radical (unpaired) electrons. The first-order chi connectivity index (χ1) is 10.2. The molecule has 0 heterocycles. The number of nitrogens with two attached hydrogens (primary N) is 1. The molecule has 0 aliphatic heterocycles. The first kappa shape index (κ1) is 16.5. The van der Waals surface area contributed by atoms with Crippen molar-refractivity contribution in [1.29, 1.82) is 0 Å². The molecule has 1 fully saturated rings. The van der Waals surface area contributed by atoms with E-state index in [0.29, 0.717) is 6.54 Å². The van der Waals surface area contributed by atoms with E-state index < -0.39 is 6.10 Å². The molecule has 1 aliphatic rings. The number of aliphatic hydroxyl groups is 1. The van der Waals surface area contributed by atoms with E-state index in [1.807, 2.05) is 18.2 Å². The van der Waals surface area contributed by atoms with Crippen molar-refractivity contribution in [3.63, 3.8) is 0 Å². The molecule has 2 atom stereocenters. The molecule has 0 saturated heterocycles. The Bertz CT molecular complexity index is 401. The van der Waals surface area contributed by atoms with E-state index in [1.54, 1.807) is 0 Å². The summed E-state index contributed by atoms with van der Waals surface area (Å²) < 4.78 is 0. The number of rotatable bonds is 7. The molecule has 21 heavy (non-hydrogen) atoms. The van der Waals surface area contributed by atoms with E-state index in [-0.39, 0.29) is 11.6 Å². The third kappa shape index (κ3) is 4.80. The molecule has 0 bridgehead atoms. The zero-order chi connectivity index (χ0) is 15.1. The fraction of sp³-hybridized carbons (Fsp3) is 0.667. The molecule has 0 spiro atoms. The third-order valence-corrected chi connectivity index (χ3v) is 4.98. The van der Waals surface area contributed by atoms with E-state index in [9.17, 15) is 5.11 Å². The summed E-state index contributed by atoms with van der Waals surface area (Å²) in [6, 6.07) is 9.95. The predicted octanol–water partition coefficient (Wildman–Crippen LogP) is 2.62. The molecule has 1 aromatic carbocycles. The quantitative estimate of drug-likeness (QED) is 0.723. The van der Waals surface area contributed by atoms with Crippen molar-refractivity contribution >= 4 is 0 Å². The highest BCUT2D eigenvalue weighted by Gasteiger charge is 2.30. The van der Waals surface area contributed by atoms with Crippen LogP contribution in [0.3, 0.4) is 0 Å². The summed E-state index contributed by atoms with van der Waals surface area (Å²) in [6.45, 7) is 2.84. The van der Waals surface area contributed by atoms with Crippen LogP contribution in [-0.4, -0.2) is 29.3 Å². The molecule has 1 saturated carbocycles. The topological polar surface area (TPSA) is 58.3 Å². The summed E-state index contributed by atoms with van der Waals surface area (Å²) in [5.74, 6) is 0. The van der Waals surface area contributed by atoms with Gasteiger partial charge in [-0.05, 0) is 31.2 Å². The van der Waals surface area contributed by atoms with Crippen molar-refractivity contribution in [2.75, 3.05) is 6.54 Å². The Kier molecular flexibility index (Phi) is 6.22. The van der Waals surface area contributed by atoms with Crippen molar-refractivity contribution < 1.29 is 5.11 Å². The maximum Gasteiger partial charge on any atom is 0.0818 e. The van der Waals surface area contributed by atoms with E-state index in [4.69, 9.17) is 5.73 Å². The maximum atomic E-state index is 10.3. The molecule has 3 nitrogen and oxygen atoms in total. The van der Waals surface area contributed by atoms with Crippen molar-refractivity contribution in [2.24, 2.45) is 5.73 Å². The molecule has 1 aromatic rings. The lowest BCUT2D eigenvalue weighted by molar-refractivity contribution is 0.115. The van der Waals surface area contributed by atoms with Gasteiger partial charge in [-0.15, -0.1) is 0 Å². The number of hydrogen-bond donors (Lipinski definition) is 3. The number of nitrogens with one attached hydrogen (secondary N) is 1.